The molecule has 0 bridgehead atoms. The highest BCUT2D eigenvalue weighted by Gasteiger charge is 2.48. The Bertz CT molecular complexity index is 753. The van der Waals surface area contributed by atoms with Crippen LogP contribution in [0.15, 0.2) is 54.6 Å². The second kappa shape index (κ2) is 6.48. The maximum absolute atomic E-state index is 12.3. The first-order chi connectivity index (χ1) is 11.6. The highest BCUT2D eigenvalue weighted by molar-refractivity contribution is 5.89. The van der Waals surface area contributed by atoms with Crippen molar-refractivity contribution in [2.75, 3.05) is 6.61 Å². The second-order valence-corrected chi connectivity index (χ2v) is 6.01. The Labute approximate surface area is 141 Å². The summed E-state index contributed by atoms with van der Waals surface area (Å²) in [7, 11) is 0. The molecule has 0 radical (unpaired) electrons. The summed E-state index contributed by atoms with van der Waals surface area (Å²) in [5, 5.41) is 10.1. The van der Waals surface area contributed by atoms with Crippen LogP contribution in [0.5, 0.6) is 0 Å². The number of carbonyl (C=O) groups excluding carboxylic acids is 1. The molecule has 0 spiro atoms. The van der Waals surface area contributed by atoms with Crippen LogP contribution in [0.2, 0.25) is 0 Å². The maximum atomic E-state index is 12.3. The molecule has 3 rings (SSSR count). The van der Waals surface area contributed by atoms with Gasteiger partial charge in [0.15, 0.2) is 0 Å². The average molecular weight is 324 g/mol. The molecule has 0 saturated carbocycles. The molecule has 4 heteroatoms. The van der Waals surface area contributed by atoms with E-state index in [0.717, 1.165) is 11.1 Å². The SMILES string of the molecule is CCOC(=O)[C@H]1CC[C@](C(=O)O)(c2ccccc2)c2ccccc21. The molecule has 1 aliphatic rings. The Morgan fingerprint density at radius 2 is 1.79 bits per heavy atom. The molecular weight excluding hydrogens is 304 g/mol. The van der Waals surface area contributed by atoms with Crippen molar-refractivity contribution in [3.63, 3.8) is 0 Å². The number of carbonyl (C=O) groups is 2. The van der Waals surface area contributed by atoms with Gasteiger partial charge in [-0.2, -0.15) is 0 Å². The van der Waals surface area contributed by atoms with Gasteiger partial charge >= 0.3 is 11.9 Å². The summed E-state index contributed by atoms with van der Waals surface area (Å²) in [5.74, 6) is -1.57. The molecule has 0 amide bonds. The minimum Gasteiger partial charge on any atom is -0.480 e. The van der Waals surface area contributed by atoms with Crippen molar-refractivity contribution < 1.29 is 19.4 Å². The van der Waals surface area contributed by atoms with E-state index in [1.807, 2.05) is 54.6 Å². The van der Waals surface area contributed by atoms with E-state index in [4.69, 9.17) is 4.74 Å². The summed E-state index contributed by atoms with van der Waals surface area (Å²) >= 11 is 0. The number of hydrogen-bond donors (Lipinski definition) is 1. The fraction of sp³-hybridized carbons (Fsp3) is 0.300. The number of carboxylic acid groups (broad SMARTS) is 1. The molecule has 0 aromatic heterocycles. The van der Waals surface area contributed by atoms with Crippen molar-refractivity contribution in [2.24, 2.45) is 0 Å². The van der Waals surface area contributed by atoms with Gasteiger partial charge in [-0.3, -0.25) is 9.59 Å². The molecule has 0 fully saturated rings. The second-order valence-electron chi connectivity index (χ2n) is 6.01. The molecule has 0 heterocycles. The van der Waals surface area contributed by atoms with Gasteiger partial charge in [0.1, 0.15) is 5.41 Å². The lowest BCUT2D eigenvalue weighted by Gasteiger charge is -2.38. The Morgan fingerprint density at radius 3 is 2.46 bits per heavy atom. The summed E-state index contributed by atoms with van der Waals surface area (Å²) in [6.45, 7) is 2.10. The fourth-order valence-electron chi connectivity index (χ4n) is 3.70. The minimum absolute atomic E-state index is 0.281. The van der Waals surface area contributed by atoms with Crippen LogP contribution in [0, 0.1) is 0 Å². The molecule has 2 aromatic carbocycles. The van der Waals surface area contributed by atoms with E-state index in [-0.39, 0.29) is 5.97 Å². The first kappa shape index (κ1) is 16.2. The van der Waals surface area contributed by atoms with Crippen LogP contribution >= 0.6 is 0 Å². The Hall–Kier alpha value is -2.62. The van der Waals surface area contributed by atoms with E-state index in [1.54, 1.807) is 6.92 Å². The molecule has 4 nitrogen and oxygen atoms in total. The van der Waals surface area contributed by atoms with E-state index in [9.17, 15) is 14.7 Å². The van der Waals surface area contributed by atoms with E-state index in [2.05, 4.69) is 0 Å². The van der Waals surface area contributed by atoms with Crippen molar-refractivity contribution >= 4 is 11.9 Å². The van der Waals surface area contributed by atoms with Gasteiger partial charge in [0.2, 0.25) is 0 Å². The molecule has 1 N–H and O–H groups in total. The monoisotopic (exact) mass is 324 g/mol. The zero-order valence-corrected chi connectivity index (χ0v) is 13.6. The number of aliphatic carboxylic acids is 1. The van der Waals surface area contributed by atoms with Crippen molar-refractivity contribution in [3.05, 3.63) is 71.3 Å². The van der Waals surface area contributed by atoms with Gasteiger partial charge in [-0.1, -0.05) is 54.6 Å². The highest BCUT2D eigenvalue weighted by atomic mass is 16.5. The highest BCUT2D eigenvalue weighted by Crippen LogP contribution is 2.47. The van der Waals surface area contributed by atoms with E-state index >= 15 is 0 Å². The smallest absolute Gasteiger partial charge is 0.318 e. The van der Waals surface area contributed by atoms with Gasteiger partial charge in [0.05, 0.1) is 12.5 Å². The first-order valence-corrected chi connectivity index (χ1v) is 8.16. The molecule has 2 atom stereocenters. The standard InChI is InChI=1S/C20H20O4/c1-2-24-18(21)16-12-13-20(19(22)23,14-8-4-3-5-9-14)17-11-7-6-10-15(16)17/h3-11,16H,2,12-13H2,1H3,(H,22,23)/t16-,20-/m0/s1. The maximum Gasteiger partial charge on any atom is 0.318 e. The molecule has 1 aliphatic carbocycles. The van der Waals surface area contributed by atoms with Crippen LogP contribution in [0.3, 0.4) is 0 Å². The van der Waals surface area contributed by atoms with Gasteiger partial charge in [-0.15, -0.1) is 0 Å². The van der Waals surface area contributed by atoms with E-state index in [1.165, 1.54) is 0 Å². The van der Waals surface area contributed by atoms with Crippen molar-refractivity contribution in [1.82, 2.24) is 0 Å². The first-order valence-electron chi connectivity index (χ1n) is 8.16. The number of benzene rings is 2. The number of hydrogen-bond acceptors (Lipinski definition) is 3. The number of rotatable bonds is 4. The van der Waals surface area contributed by atoms with Crippen LogP contribution in [-0.2, 0) is 19.7 Å². The molecule has 2 aromatic rings. The van der Waals surface area contributed by atoms with Crippen molar-refractivity contribution in [2.45, 2.75) is 31.1 Å². The summed E-state index contributed by atoms with van der Waals surface area (Å²) < 4.78 is 5.19. The predicted octanol–water partition coefficient (Wildman–Crippen LogP) is 3.50. The summed E-state index contributed by atoms with van der Waals surface area (Å²) in [4.78, 5) is 24.6. The largest absolute Gasteiger partial charge is 0.480 e. The molecular formula is C20H20O4. The number of fused-ring (bicyclic) bond motifs is 1. The molecule has 0 unspecified atom stereocenters. The lowest BCUT2D eigenvalue weighted by Crippen LogP contribution is -2.42. The van der Waals surface area contributed by atoms with Gasteiger partial charge in [-0.25, -0.2) is 0 Å². The van der Waals surface area contributed by atoms with Crippen LogP contribution in [0.1, 0.15) is 42.4 Å². The third-order valence-corrected chi connectivity index (χ3v) is 4.81. The van der Waals surface area contributed by atoms with E-state index in [0.29, 0.717) is 25.0 Å². The fourth-order valence-corrected chi connectivity index (χ4v) is 3.70. The lowest BCUT2D eigenvalue weighted by molar-refractivity contribution is -0.148. The Morgan fingerprint density at radius 1 is 1.12 bits per heavy atom. The van der Waals surface area contributed by atoms with Crippen LogP contribution in [-0.4, -0.2) is 23.7 Å². The Kier molecular flexibility index (Phi) is 4.38. The summed E-state index contributed by atoms with van der Waals surface area (Å²) in [6, 6.07) is 16.6. The summed E-state index contributed by atoms with van der Waals surface area (Å²) in [6.07, 6.45) is 0.823. The van der Waals surface area contributed by atoms with Crippen molar-refractivity contribution in [1.29, 1.82) is 0 Å². The van der Waals surface area contributed by atoms with E-state index < -0.39 is 17.3 Å². The van der Waals surface area contributed by atoms with Crippen LogP contribution < -0.4 is 0 Å². The molecule has 124 valence electrons. The molecule has 24 heavy (non-hydrogen) atoms. The molecule has 0 saturated heterocycles. The average Bonchev–Trinajstić information content (AvgIpc) is 2.61. The third kappa shape index (κ3) is 2.48. The number of ether oxygens (including phenoxy) is 1. The zero-order valence-electron chi connectivity index (χ0n) is 13.6. The summed E-state index contributed by atoms with van der Waals surface area (Å²) in [5.41, 5.74) is 1.06. The minimum atomic E-state index is -1.12. The van der Waals surface area contributed by atoms with Gasteiger partial charge < -0.3 is 9.84 Å². The van der Waals surface area contributed by atoms with Gasteiger partial charge in [-0.05, 0) is 36.5 Å². The van der Waals surface area contributed by atoms with Crippen molar-refractivity contribution in [3.8, 4) is 0 Å². The third-order valence-electron chi connectivity index (χ3n) is 4.81. The topological polar surface area (TPSA) is 63.6 Å². The van der Waals surface area contributed by atoms with Crippen LogP contribution in [0.25, 0.3) is 0 Å². The normalized spacial score (nSPS) is 22.5. The zero-order chi connectivity index (χ0) is 17.2. The predicted molar refractivity (Wildman–Crippen MR) is 89.9 cm³/mol. The number of esters is 1. The van der Waals surface area contributed by atoms with Gasteiger partial charge in [0.25, 0.3) is 0 Å². The Balaban J connectivity index is 2.18. The molecule has 0 aliphatic heterocycles. The van der Waals surface area contributed by atoms with Gasteiger partial charge in [0, 0.05) is 0 Å². The lowest BCUT2D eigenvalue weighted by atomic mass is 9.63. The van der Waals surface area contributed by atoms with Crippen LogP contribution in [0.4, 0.5) is 0 Å². The quantitative estimate of drug-likeness (QED) is 0.874. The number of carboxylic acids is 1.